The monoisotopic (exact) mass is 290 g/mol. The Balaban J connectivity index is 2.08. The molecule has 0 aliphatic heterocycles. The first-order valence-corrected chi connectivity index (χ1v) is 6.71. The number of carbonyl (C=O) groups excluding carboxylic acids is 1. The maximum Gasteiger partial charge on any atom is 0.250 e. The summed E-state index contributed by atoms with van der Waals surface area (Å²) < 4.78 is 10.3. The second-order valence-corrected chi connectivity index (χ2v) is 4.70. The van der Waals surface area contributed by atoms with Gasteiger partial charge in [-0.3, -0.25) is 10.1 Å². The summed E-state index contributed by atoms with van der Waals surface area (Å²) in [4.78, 5) is 15.7. The van der Waals surface area contributed by atoms with Gasteiger partial charge >= 0.3 is 0 Å². The van der Waals surface area contributed by atoms with E-state index in [2.05, 4.69) is 10.3 Å². The standard InChI is InChI=1S/C14H14N2O3S/c1-18-11-7-10(8-12(9-11)19-2)3-4-13(17)16-14-15-5-6-20-14/h3-9H,1-2H3,(H,15,16,17)/b4-3+. The quantitative estimate of drug-likeness (QED) is 0.860. The molecule has 0 spiro atoms. The maximum atomic E-state index is 11.7. The fourth-order valence-corrected chi connectivity index (χ4v) is 2.06. The zero-order valence-corrected chi connectivity index (χ0v) is 11.9. The molecule has 0 unspecified atom stereocenters. The summed E-state index contributed by atoms with van der Waals surface area (Å²) in [6.07, 6.45) is 4.76. The van der Waals surface area contributed by atoms with Crippen molar-refractivity contribution in [1.82, 2.24) is 4.98 Å². The van der Waals surface area contributed by atoms with Gasteiger partial charge in [0.25, 0.3) is 0 Å². The summed E-state index contributed by atoms with van der Waals surface area (Å²) in [7, 11) is 3.16. The van der Waals surface area contributed by atoms with E-state index in [-0.39, 0.29) is 5.91 Å². The van der Waals surface area contributed by atoms with Gasteiger partial charge in [0.15, 0.2) is 5.13 Å². The Morgan fingerprint density at radius 1 is 1.25 bits per heavy atom. The molecule has 0 atom stereocenters. The number of aromatic nitrogens is 1. The lowest BCUT2D eigenvalue weighted by Gasteiger charge is -2.05. The van der Waals surface area contributed by atoms with Crippen LogP contribution in [0.4, 0.5) is 5.13 Å². The molecule has 2 rings (SSSR count). The van der Waals surface area contributed by atoms with Gasteiger partial charge in [0.2, 0.25) is 5.91 Å². The minimum absolute atomic E-state index is 0.235. The number of hydrogen-bond acceptors (Lipinski definition) is 5. The number of nitrogens with one attached hydrogen (secondary N) is 1. The average Bonchev–Trinajstić information content (AvgIpc) is 2.97. The Morgan fingerprint density at radius 3 is 2.50 bits per heavy atom. The molecule has 0 aliphatic carbocycles. The molecule has 0 saturated carbocycles. The van der Waals surface area contributed by atoms with Crippen LogP contribution in [0, 0.1) is 0 Å². The lowest BCUT2D eigenvalue weighted by molar-refractivity contribution is -0.111. The average molecular weight is 290 g/mol. The molecule has 0 aliphatic rings. The highest BCUT2D eigenvalue weighted by molar-refractivity contribution is 7.13. The van der Waals surface area contributed by atoms with Gasteiger partial charge in [-0.2, -0.15) is 0 Å². The Kier molecular flexibility index (Phi) is 4.73. The van der Waals surface area contributed by atoms with E-state index in [0.717, 1.165) is 5.56 Å². The van der Waals surface area contributed by atoms with Crippen molar-refractivity contribution in [3.63, 3.8) is 0 Å². The molecule has 104 valence electrons. The van der Waals surface area contributed by atoms with Crippen LogP contribution in [0.2, 0.25) is 0 Å². The number of ether oxygens (including phenoxy) is 2. The van der Waals surface area contributed by atoms with Crippen molar-refractivity contribution in [2.45, 2.75) is 0 Å². The van der Waals surface area contributed by atoms with E-state index in [1.165, 1.54) is 17.4 Å². The van der Waals surface area contributed by atoms with E-state index in [0.29, 0.717) is 16.6 Å². The second kappa shape index (κ2) is 6.72. The summed E-state index contributed by atoms with van der Waals surface area (Å²) in [5, 5.41) is 5.04. The first kappa shape index (κ1) is 14.1. The molecule has 1 amide bonds. The van der Waals surface area contributed by atoms with E-state index in [9.17, 15) is 4.79 Å². The van der Waals surface area contributed by atoms with Crippen molar-refractivity contribution < 1.29 is 14.3 Å². The fraction of sp³-hybridized carbons (Fsp3) is 0.143. The third-order valence-electron chi connectivity index (χ3n) is 2.46. The normalized spacial score (nSPS) is 10.5. The molecule has 1 aromatic carbocycles. The molecular formula is C14H14N2O3S. The second-order valence-electron chi connectivity index (χ2n) is 3.81. The van der Waals surface area contributed by atoms with Crippen LogP contribution in [0.15, 0.2) is 35.9 Å². The van der Waals surface area contributed by atoms with E-state index in [1.807, 2.05) is 12.1 Å². The van der Waals surface area contributed by atoms with Crippen LogP contribution in [0.25, 0.3) is 6.08 Å². The van der Waals surface area contributed by atoms with Crippen molar-refractivity contribution in [1.29, 1.82) is 0 Å². The zero-order chi connectivity index (χ0) is 14.4. The van der Waals surface area contributed by atoms with Gasteiger partial charge in [0, 0.05) is 23.7 Å². The maximum absolute atomic E-state index is 11.7. The molecule has 0 radical (unpaired) electrons. The summed E-state index contributed by atoms with van der Waals surface area (Å²) in [6.45, 7) is 0. The highest BCUT2D eigenvalue weighted by Crippen LogP contribution is 2.23. The minimum atomic E-state index is -0.235. The highest BCUT2D eigenvalue weighted by Gasteiger charge is 2.02. The lowest BCUT2D eigenvalue weighted by atomic mass is 10.2. The molecule has 1 N–H and O–H groups in total. The van der Waals surface area contributed by atoms with Crippen LogP contribution >= 0.6 is 11.3 Å². The molecule has 0 saturated heterocycles. The SMILES string of the molecule is COc1cc(/C=C/C(=O)Nc2nccs2)cc(OC)c1. The molecule has 20 heavy (non-hydrogen) atoms. The topological polar surface area (TPSA) is 60.5 Å². The van der Waals surface area contributed by atoms with Crippen molar-refractivity contribution in [3.05, 3.63) is 41.4 Å². The number of anilines is 1. The van der Waals surface area contributed by atoms with Crippen LogP contribution in [0.5, 0.6) is 11.5 Å². The first-order valence-electron chi connectivity index (χ1n) is 5.83. The third kappa shape index (κ3) is 3.83. The highest BCUT2D eigenvalue weighted by atomic mass is 32.1. The van der Waals surface area contributed by atoms with Crippen molar-refractivity contribution in [2.75, 3.05) is 19.5 Å². The van der Waals surface area contributed by atoms with E-state index in [1.54, 1.807) is 37.9 Å². The Morgan fingerprint density at radius 2 is 1.95 bits per heavy atom. The molecule has 1 heterocycles. The number of carbonyl (C=O) groups is 1. The van der Waals surface area contributed by atoms with Crippen LogP contribution in [0.1, 0.15) is 5.56 Å². The van der Waals surface area contributed by atoms with E-state index in [4.69, 9.17) is 9.47 Å². The molecule has 5 nitrogen and oxygen atoms in total. The van der Waals surface area contributed by atoms with Gasteiger partial charge in [-0.1, -0.05) is 0 Å². The molecule has 6 heteroatoms. The van der Waals surface area contributed by atoms with Gasteiger partial charge in [0.05, 0.1) is 14.2 Å². The Hall–Kier alpha value is -2.34. The lowest BCUT2D eigenvalue weighted by Crippen LogP contribution is -2.07. The smallest absolute Gasteiger partial charge is 0.250 e. The number of amides is 1. The van der Waals surface area contributed by atoms with Gasteiger partial charge in [-0.15, -0.1) is 11.3 Å². The third-order valence-corrected chi connectivity index (χ3v) is 3.15. The van der Waals surface area contributed by atoms with Crippen LogP contribution in [0.3, 0.4) is 0 Å². The van der Waals surface area contributed by atoms with Crippen molar-refractivity contribution >= 4 is 28.5 Å². The first-order chi connectivity index (χ1) is 9.71. The van der Waals surface area contributed by atoms with Crippen LogP contribution in [-0.2, 0) is 4.79 Å². The van der Waals surface area contributed by atoms with E-state index < -0.39 is 0 Å². The number of methoxy groups -OCH3 is 2. The number of nitrogens with zero attached hydrogens (tertiary/aromatic N) is 1. The van der Waals surface area contributed by atoms with Gasteiger partial charge in [0.1, 0.15) is 11.5 Å². The summed E-state index contributed by atoms with van der Waals surface area (Å²) >= 11 is 1.37. The minimum Gasteiger partial charge on any atom is -0.497 e. The summed E-state index contributed by atoms with van der Waals surface area (Å²) in [6, 6.07) is 5.40. The largest absolute Gasteiger partial charge is 0.497 e. The molecule has 2 aromatic rings. The van der Waals surface area contributed by atoms with Gasteiger partial charge in [-0.25, -0.2) is 4.98 Å². The number of hydrogen-bond donors (Lipinski definition) is 1. The van der Waals surface area contributed by atoms with Gasteiger partial charge in [-0.05, 0) is 23.8 Å². The summed E-state index contributed by atoms with van der Waals surface area (Å²) in [5.41, 5.74) is 0.815. The fourth-order valence-electron chi connectivity index (χ4n) is 1.53. The Labute approximate surface area is 120 Å². The molecule has 1 aromatic heterocycles. The van der Waals surface area contributed by atoms with Gasteiger partial charge < -0.3 is 9.47 Å². The molecule has 0 fully saturated rings. The number of rotatable bonds is 5. The number of thiazole rings is 1. The Bertz CT molecular complexity index is 587. The molecular weight excluding hydrogens is 276 g/mol. The summed E-state index contributed by atoms with van der Waals surface area (Å²) in [5.74, 6) is 1.11. The van der Waals surface area contributed by atoms with Crippen molar-refractivity contribution in [3.8, 4) is 11.5 Å². The predicted octanol–water partition coefficient (Wildman–Crippen LogP) is 2.81. The van der Waals surface area contributed by atoms with Crippen molar-refractivity contribution in [2.24, 2.45) is 0 Å². The van der Waals surface area contributed by atoms with Crippen LogP contribution in [-0.4, -0.2) is 25.1 Å². The zero-order valence-electron chi connectivity index (χ0n) is 11.1. The molecule has 0 bridgehead atoms. The predicted molar refractivity (Wildman–Crippen MR) is 79.3 cm³/mol. The number of benzene rings is 1. The van der Waals surface area contributed by atoms with Crippen LogP contribution < -0.4 is 14.8 Å². The van der Waals surface area contributed by atoms with E-state index >= 15 is 0 Å².